The fourth-order valence-corrected chi connectivity index (χ4v) is 3.27. The van der Waals surface area contributed by atoms with Gasteiger partial charge in [-0.2, -0.15) is 9.12 Å². The standard InChI is InChI=1S/C17H11F4NO4S/c1-2-25-17(23)10-8(7-27-9-5-3-4-6-22(9)24)26-16-11(10)12(18)13(19)14(20)15(16)21/h3-6H,2,7H2,1H3. The summed E-state index contributed by atoms with van der Waals surface area (Å²) in [6, 6.07) is 4.56. The molecule has 0 spiro atoms. The minimum atomic E-state index is -2.06. The molecule has 0 bridgehead atoms. The van der Waals surface area contributed by atoms with Gasteiger partial charge in [0.15, 0.2) is 23.4 Å². The predicted molar refractivity (Wildman–Crippen MR) is 87.0 cm³/mol. The number of esters is 1. The van der Waals surface area contributed by atoms with E-state index in [0.717, 1.165) is 11.8 Å². The Labute approximate surface area is 154 Å². The van der Waals surface area contributed by atoms with Crippen molar-refractivity contribution in [2.45, 2.75) is 17.7 Å². The van der Waals surface area contributed by atoms with Gasteiger partial charge in [-0.1, -0.05) is 0 Å². The molecule has 0 saturated heterocycles. The number of pyridine rings is 1. The molecule has 0 radical (unpaired) electrons. The third-order valence-corrected chi connectivity index (χ3v) is 4.62. The molecule has 10 heteroatoms. The highest BCUT2D eigenvalue weighted by molar-refractivity contribution is 7.98. The van der Waals surface area contributed by atoms with E-state index in [1.54, 1.807) is 6.07 Å². The highest BCUT2D eigenvalue weighted by atomic mass is 32.2. The number of hydrogen-bond acceptors (Lipinski definition) is 5. The minimum absolute atomic E-state index is 0.0921. The van der Waals surface area contributed by atoms with E-state index >= 15 is 0 Å². The van der Waals surface area contributed by atoms with Crippen LogP contribution in [0.1, 0.15) is 23.0 Å². The topological polar surface area (TPSA) is 66.4 Å². The maximum absolute atomic E-state index is 14.2. The monoisotopic (exact) mass is 401 g/mol. The van der Waals surface area contributed by atoms with Crippen molar-refractivity contribution in [2.24, 2.45) is 0 Å². The first-order chi connectivity index (χ1) is 12.9. The number of ether oxygens (including phenoxy) is 1. The van der Waals surface area contributed by atoms with Gasteiger partial charge in [-0.3, -0.25) is 0 Å². The summed E-state index contributed by atoms with van der Waals surface area (Å²) in [5, 5.41) is 11.1. The molecular formula is C17H11F4NO4S. The first-order valence-electron chi connectivity index (χ1n) is 7.62. The summed E-state index contributed by atoms with van der Waals surface area (Å²) in [5.74, 6) is -9.21. The van der Waals surface area contributed by atoms with Crippen LogP contribution in [0.15, 0.2) is 33.8 Å². The van der Waals surface area contributed by atoms with E-state index in [1.807, 2.05) is 0 Å². The molecule has 27 heavy (non-hydrogen) atoms. The lowest BCUT2D eigenvalue weighted by Gasteiger charge is -2.04. The largest absolute Gasteiger partial charge is 0.618 e. The molecule has 0 N–H and O–H groups in total. The van der Waals surface area contributed by atoms with E-state index in [9.17, 15) is 27.6 Å². The fourth-order valence-electron chi connectivity index (χ4n) is 2.43. The zero-order chi connectivity index (χ0) is 19.7. The second-order valence-corrected chi connectivity index (χ2v) is 6.23. The van der Waals surface area contributed by atoms with Crippen molar-refractivity contribution in [3.63, 3.8) is 0 Å². The lowest BCUT2D eigenvalue weighted by molar-refractivity contribution is -0.645. The molecule has 2 aromatic heterocycles. The van der Waals surface area contributed by atoms with Crippen LogP contribution in [0.25, 0.3) is 11.0 Å². The average Bonchev–Trinajstić information content (AvgIpc) is 3.04. The molecule has 1 aromatic carbocycles. The summed E-state index contributed by atoms with van der Waals surface area (Å²) in [4.78, 5) is 12.2. The number of thioether (sulfide) groups is 1. The molecule has 0 fully saturated rings. The minimum Gasteiger partial charge on any atom is -0.618 e. The Hall–Kier alpha value is -2.75. The Kier molecular flexibility index (Phi) is 5.26. The first kappa shape index (κ1) is 19.0. The lowest BCUT2D eigenvalue weighted by Crippen LogP contribution is -2.27. The van der Waals surface area contributed by atoms with Gasteiger partial charge in [0, 0.05) is 12.1 Å². The van der Waals surface area contributed by atoms with Crippen LogP contribution in [0.3, 0.4) is 0 Å². The predicted octanol–water partition coefficient (Wildman–Crippen LogP) is 4.09. The van der Waals surface area contributed by atoms with Crippen LogP contribution in [-0.4, -0.2) is 12.6 Å². The van der Waals surface area contributed by atoms with Crippen molar-refractivity contribution in [2.75, 3.05) is 6.61 Å². The SMILES string of the molecule is CCOC(=O)c1c(CSc2cccc[n+]2[O-])oc2c(F)c(F)c(F)c(F)c12. The quantitative estimate of drug-likeness (QED) is 0.123. The zero-order valence-corrected chi connectivity index (χ0v) is 14.5. The Balaban J connectivity index is 2.15. The molecule has 2 heterocycles. The van der Waals surface area contributed by atoms with Gasteiger partial charge in [0.05, 0.1) is 17.7 Å². The highest BCUT2D eigenvalue weighted by Gasteiger charge is 2.32. The van der Waals surface area contributed by atoms with Gasteiger partial charge in [-0.25, -0.2) is 18.0 Å². The van der Waals surface area contributed by atoms with Gasteiger partial charge in [-0.15, -0.1) is 0 Å². The van der Waals surface area contributed by atoms with Crippen molar-refractivity contribution < 1.29 is 36.2 Å². The van der Waals surface area contributed by atoms with Crippen LogP contribution in [0.5, 0.6) is 0 Å². The average molecular weight is 401 g/mol. The van der Waals surface area contributed by atoms with E-state index in [2.05, 4.69) is 0 Å². The summed E-state index contributed by atoms with van der Waals surface area (Å²) in [6.07, 6.45) is 1.23. The molecule has 0 amide bonds. The van der Waals surface area contributed by atoms with Crippen LogP contribution in [0, 0.1) is 28.5 Å². The van der Waals surface area contributed by atoms with Crippen LogP contribution in [0.2, 0.25) is 0 Å². The molecule has 0 unspecified atom stereocenters. The van der Waals surface area contributed by atoms with Crippen molar-refractivity contribution in [1.82, 2.24) is 0 Å². The van der Waals surface area contributed by atoms with Crippen LogP contribution in [-0.2, 0) is 10.5 Å². The van der Waals surface area contributed by atoms with Gasteiger partial charge < -0.3 is 14.4 Å². The molecule has 0 saturated carbocycles. The van der Waals surface area contributed by atoms with Crippen molar-refractivity contribution in [3.05, 3.63) is 64.2 Å². The van der Waals surface area contributed by atoms with Crippen LogP contribution >= 0.6 is 11.8 Å². The Bertz CT molecular complexity index is 1040. The maximum Gasteiger partial charge on any atom is 0.342 e. The molecule has 0 aliphatic rings. The third-order valence-electron chi connectivity index (χ3n) is 3.60. The summed E-state index contributed by atoms with van der Waals surface area (Å²) >= 11 is 0.902. The number of fused-ring (bicyclic) bond motifs is 1. The summed E-state index contributed by atoms with van der Waals surface area (Å²) in [6.45, 7) is 1.39. The summed E-state index contributed by atoms with van der Waals surface area (Å²) in [5.41, 5.74) is -1.49. The summed E-state index contributed by atoms with van der Waals surface area (Å²) < 4.78 is 65.8. The normalized spacial score (nSPS) is 11.1. The number of halogens is 4. The van der Waals surface area contributed by atoms with E-state index < -0.39 is 45.8 Å². The maximum atomic E-state index is 14.2. The van der Waals surface area contributed by atoms with Crippen molar-refractivity contribution in [1.29, 1.82) is 0 Å². The lowest BCUT2D eigenvalue weighted by atomic mass is 10.1. The van der Waals surface area contributed by atoms with Gasteiger partial charge >= 0.3 is 5.97 Å². The molecule has 0 atom stereocenters. The van der Waals surface area contributed by atoms with E-state index in [1.165, 1.54) is 25.3 Å². The Morgan fingerprint density at radius 3 is 2.56 bits per heavy atom. The molecule has 5 nitrogen and oxygen atoms in total. The van der Waals surface area contributed by atoms with Crippen molar-refractivity contribution >= 4 is 28.7 Å². The van der Waals surface area contributed by atoms with Gasteiger partial charge in [-0.05, 0) is 24.8 Å². The van der Waals surface area contributed by atoms with E-state index in [0.29, 0.717) is 4.73 Å². The van der Waals surface area contributed by atoms with Crippen molar-refractivity contribution in [3.8, 4) is 0 Å². The molecule has 0 aliphatic heterocycles. The second kappa shape index (κ2) is 7.47. The summed E-state index contributed by atoms with van der Waals surface area (Å²) in [7, 11) is 0. The van der Waals surface area contributed by atoms with Gasteiger partial charge in [0.25, 0.3) is 5.03 Å². The smallest absolute Gasteiger partial charge is 0.342 e. The zero-order valence-electron chi connectivity index (χ0n) is 13.7. The van der Waals surface area contributed by atoms with Crippen LogP contribution < -0.4 is 4.73 Å². The van der Waals surface area contributed by atoms with Gasteiger partial charge in [0.2, 0.25) is 11.6 Å². The molecule has 3 aromatic rings. The Morgan fingerprint density at radius 2 is 1.89 bits per heavy atom. The molecule has 142 valence electrons. The van der Waals surface area contributed by atoms with E-state index in [4.69, 9.17) is 9.15 Å². The van der Waals surface area contributed by atoms with Crippen LogP contribution in [0.4, 0.5) is 17.6 Å². The molecule has 3 rings (SSSR count). The third kappa shape index (κ3) is 3.32. The van der Waals surface area contributed by atoms with E-state index in [-0.39, 0.29) is 23.1 Å². The number of rotatable bonds is 5. The fraction of sp³-hybridized carbons (Fsp3) is 0.176. The number of carbonyl (C=O) groups excluding carboxylic acids is 1. The molecular weight excluding hydrogens is 390 g/mol. The highest BCUT2D eigenvalue weighted by Crippen LogP contribution is 2.36. The number of benzene rings is 1. The number of hydrogen-bond donors (Lipinski definition) is 0. The van der Waals surface area contributed by atoms with Gasteiger partial charge in [0.1, 0.15) is 11.3 Å². The second-order valence-electron chi connectivity index (χ2n) is 5.23. The number of carbonyl (C=O) groups is 1. The number of furan rings is 1. The Morgan fingerprint density at radius 1 is 1.19 bits per heavy atom. The first-order valence-corrected chi connectivity index (χ1v) is 8.60. The number of nitrogens with zero attached hydrogens (tertiary/aromatic N) is 1. The molecule has 0 aliphatic carbocycles. The number of aromatic nitrogens is 1.